The van der Waals surface area contributed by atoms with Crippen LogP contribution >= 0.6 is 11.8 Å². The van der Waals surface area contributed by atoms with Crippen molar-refractivity contribution in [3.8, 4) is 11.5 Å². The van der Waals surface area contributed by atoms with Crippen molar-refractivity contribution in [2.24, 2.45) is 0 Å². The summed E-state index contributed by atoms with van der Waals surface area (Å²) in [6.45, 7) is 4.15. The smallest absolute Gasteiger partial charge is 0.265 e. The fourth-order valence-corrected chi connectivity index (χ4v) is 4.96. The Morgan fingerprint density at radius 2 is 1.59 bits per heavy atom. The number of ether oxygens (including phenoxy) is 2. The molecule has 0 aliphatic rings. The molecule has 0 unspecified atom stereocenters. The topological polar surface area (TPSA) is 64.6 Å². The monoisotopic (exact) mass is 429 g/mol. The lowest BCUT2D eigenvalue weighted by Gasteiger charge is -2.13. The van der Waals surface area contributed by atoms with Gasteiger partial charge in [-0.2, -0.15) is 0 Å². The molecule has 3 aromatic rings. The largest absolute Gasteiger partial charge is 0.497 e. The summed E-state index contributed by atoms with van der Waals surface area (Å²) >= 11 is 1.64. The van der Waals surface area contributed by atoms with Crippen LogP contribution in [0.3, 0.4) is 0 Å². The molecule has 0 radical (unpaired) electrons. The zero-order valence-electron chi connectivity index (χ0n) is 16.7. The number of hydrogen-bond donors (Lipinski definition) is 1. The number of anilines is 1. The van der Waals surface area contributed by atoms with E-state index < -0.39 is 10.0 Å². The van der Waals surface area contributed by atoms with Crippen molar-refractivity contribution in [3.05, 3.63) is 71.8 Å². The maximum Gasteiger partial charge on any atom is 0.265 e. The Hall–Kier alpha value is -2.64. The van der Waals surface area contributed by atoms with E-state index in [9.17, 15) is 8.42 Å². The van der Waals surface area contributed by atoms with Crippen LogP contribution in [-0.2, 0) is 10.0 Å². The van der Waals surface area contributed by atoms with Crippen molar-refractivity contribution in [1.82, 2.24) is 0 Å². The van der Waals surface area contributed by atoms with Gasteiger partial charge in [0.05, 0.1) is 14.2 Å². The second-order valence-corrected chi connectivity index (χ2v) is 9.28. The molecule has 0 spiro atoms. The van der Waals surface area contributed by atoms with Gasteiger partial charge in [-0.3, -0.25) is 4.72 Å². The van der Waals surface area contributed by atoms with Gasteiger partial charge in [0.2, 0.25) is 0 Å². The first-order valence-electron chi connectivity index (χ1n) is 8.92. The number of nitrogens with one attached hydrogen (secondary N) is 1. The third kappa shape index (κ3) is 5.05. The molecule has 0 aliphatic carbocycles. The summed E-state index contributed by atoms with van der Waals surface area (Å²) in [5.41, 5.74) is 2.91. The highest BCUT2D eigenvalue weighted by Gasteiger charge is 2.20. The maximum atomic E-state index is 12.9. The fourth-order valence-electron chi connectivity index (χ4n) is 2.84. The molecule has 3 rings (SSSR count). The number of rotatable bonds is 7. The first-order valence-corrected chi connectivity index (χ1v) is 11.2. The number of aryl methyl sites for hydroxylation is 2. The average Bonchev–Trinajstić information content (AvgIpc) is 2.70. The molecular weight excluding hydrogens is 406 g/mol. The highest BCUT2D eigenvalue weighted by molar-refractivity contribution is 7.99. The Morgan fingerprint density at radius 3 is 2.21 bits per heavy atom. The minimum atomic E-state index is -3.83. The van der Waals surface area contributed by atoms with Crippen LogP contribution < -0.4 is 14.2 Å². The molecular formula is C22H23NO4S2. The van der Waals surface area contributed by atoms with Crippen LogP contribution in [0.2, 0.25) is 0 Å². The molecule has 0 fully saturated rings. The van der Waals surface area contributed by atoms with Crippen LogP contribution in [0.25, 0.3) is 0 Å². The van der Waals surface area contributed by atoms with Gasteiger partial charge in [0.15, 0.2) is 0 Å². The predicted octanol–water partition coefficient (Wildman–Crippen LogP) is 5.27. The lowest BCUT2D eigenvalue weighted by Crippen LogP contribution is -2.14. The van der Waals surface area contributed by atoms with E-state index in [-0.39, 0.29) is 10.6 Å². The molecule has 0 saturated carbocycles. The van der Waals surface area contributed by atoms with E-state index in [0.29, 0.717) is 11.4 Å². The summed E-state index contributed by atoms with van der Waals surface area (Å²) in [6.07, 6.45) is 0. The summed E-state index contributed by atoms with van der Waals surface area (Å²) < 4.78 is 38.6. The summed E-state index contributed by atoms with van der Waals surface area (Å²) in [6, 6.07) is 18.3. The highest BCUT2D eigenvalue weighted by Crippen LogP contribution is 2.33. The number of methoxy groups -OCH3 is 2. The predicted molar refractivity (Wildman–Crippen MR) is 117 cm³/mol. The first-order chi connectivity index (χ1) is 13.8. The van der Waals surface area contributed by atoms with Gasteiger partial charge in [0.25, 0.3) is 10.0 Å². The van der Waals surface area contributed by atoms with E-state index in [1.54, 1.807) is 36.0 Å². The Balaban J connectivity index is 1.80. The van der Waals surface area contributed by atoms with Crippen molar-refractivity contribution in [3.63, 3.8) is 0 Å². The van der Waals surface area contributed by atoms with Crippen LogP contribution in [-0.4, -0.2) is 22.6 Å². The van der Waals surface area contributed by atoms with Gasteiger partial charge in [0, 0.05) is 21.5 Å². The van der Waals surface area contributed by atoms with Crippen LogP contribution in [0.1, 0.15) is 11.1 Å². The van der Waals surface area contributed by atoms with Gasteiger partial charge in [-0.05, 0) is 61.9 Å². The van der Waals surface area contributed by atoms with Crippen molar-refractivity contribution in [1.29, 1.82) is 0 Å². The second-order valence-electron chi connectivity index (χ2n) is 6.52. The minimum absolute atomic E-state index is 0.0214. The molecule has 0 aliphatic heterocycles. The molecule has 0 bridgehead atoms. The molecule has 3 aromatic carbocycles. The van der Waals surface area contributed by atoms with E-state index >= 15 is 0 Å². The van der Waals surface area contributed by atoms with Gasteiger partial charge in [-0.1, -0.05) is 29.5 Å². The van der Waals surface area contributed by atoms with Gasteiger partial charge in [-0.25, -0.2) is 8.42 Å². The van der Waals surface area contributed by atoms with E-state index in [2.05, 4.69) is 36.8 Å². The van der Waals surface area contributed by atoms with Crippen molar-refractivity contribution >= 4 is 27.5 Å². The number of hydrogen-bond acceptors (Lipinski definition) is 5. The van der Waals surface area contributed by atoms with Crippen molar-refractivity contribution < 1.29 is 17.9 Å². The Labute approximate surface area is 176 Å². The van der Waals surface area contributed by atoms with Crippen LogP contribution in [0.5, 0.6) is 11.5 Å². The zero-order chi connectivity index (χ0) is 21.0. The fraction of sp³-hybridized carbons (Fsp3) is 0.182. The van der Waals surface area contributed by atoms with Gasteiger partial charge in [0.1, 0.15) is 16.4 Å². The zero-order valence-corrected chi connectivity index (χ0v) is 18.4. The first kappa shape index (κ1) is 21.1. The van der Waals surface area contributed by atoms with Gasteiger partial charge in [-0.15, -0.1) is 0 Å². The summed E-state index contributed by atoms with van der Waals surface area (Å²) in [4.78, 5) is 2.22. The van der Waals surface area contributed by atoms with Gasteiger partial charge >= 0.3 is 0 Å². The van der Waals surface area contributed by atoms with E-state index in [4.69, 9.17) is 9.47 Å². The molecule has 0 amide bonds. The van der Waals surface area contributed by atoms with E-state index in [1.165, 1.54) is 36.3 Å². The molecule has 1 N–H and O–H groups in total. The normalized spacial score (nSPS) is 11.2. The molecule has 0 heterocycles. The van der Waals surface area contributed by atoms with Gasteiger partial charge < -0.3 is 9.47 Å². The van der Waals surface area contributed by atoms with E-state index in [1.807, 2.05) is 12.1 Å². The van der Waals surface area contributed by atoms with Crippen molar-refractivity contribution in [2.45, 2.75) is 28.5 Å². The number of sulfonamides is 1. The quantitative estimate of drug-likeness (QED) is 0.554. The molecule has 0 aromatic heterocycles. The summed E-state index contributed by atoms with van der Waals surface area (Å²) in [5, 5.41) is 0. The molecule has 152 valence electrons. The lowest BCUT2D eigenvalue weighted by atomic mass is 10.2. The Bertz CT molecular complexity index is 1110. The van der Waals surface area contributed by atoms with Crippen molar-refractivity contribution in [2.75, 3.05) is 18.9 Å². The number of benzene rings is 3. The average molecular weight is 430 g/mol. The van der Waals surface area contributed by atoms with Crippen LogP contribution in [0.4, 0.5) is 5.69 Å². The third-order valence-electron chi connectivity index (χ3n) is 4.33. The summed E-state index contributed by atoms with van der Waals surface area (Å²) in [7, 11) is -0.919. The second kappa shape index (κ2) is 8.80. The van der Waals surface area contributed by atoms with Crippen LogP contribution in [0, 0.1) is 13.8 Å². The molecule has 5 nitrogen and oxygen atoms in total. The standard InChI is InChI=1S/C22H23NO4S2/c1-15-5-12-21(16(2)13-15)28-19-9-6-17(7-10-19)23-29(24,25)22-14-18(26-3)8-11-20(22)27-4/h5-14,23H,1-4H3. The highest BCUT2D eigenvalue weighted by atomic mass is 32.2. The van der Waals surface area contributed by atoms with E-state index in [0.717, 1.165) is 4.90 Å². The lowest BCUT2D eigenvalue weighted by molar-refractivity contribution is 0.392. The molecule has 29 heavy (non-hydrogen) atoms. The Morgan fingerprint density at radius 1 is 0.862 bits per heavy atom. The van der Waals surface area contributed by atoms with Crippen LogP contribution in [0.15, 0.2) is 75.4 Å². The maximum absolute atomic E-state index is 12.9. The minimum Gasteiger partial charge on any atom is -0.497 e. The molecule has 0 saturated heterocycles. The summed E-state index contributed by atoms with van der Waals surface area (Å²) in [5.74, 6) is 0.687. The Kier molecular flexibility index (Phi) is 6.39. The SMILES string of the molecule is COc1ccc(OC)c(S(=O)(=O)Nc2ccc(Sc3ccc(C)cc3C)cc2)c1. The molecule has 0 atom stereocenters. The molecule has 7 heteroatoms. The third-order valence-corrected chi connectivity index (χ3v) is 6.91.